The molecule has 1 aromatic heterocycles. The Morgan fingerprint density at radius 2 is 1.87 bits per heavy atom. The summed E-state index contributed by atoms with van der Waals surface area (Å²) in [6, 6.07) is 8.46. The smallest absolute Gasteiger partial charge is 0.243 e. The van der Waals surface area contributed by atoms with E-state index < -0.39 is 38.4 Å². The molecule has 0 bridgehead atoms. The van der Waals surface area contributed by atoms with Crippen LogP contribution in [-0.2, 0) is 17.1 Å². The molecule has 164 valence electrons. The van der Waals surface area contributed by atoms with Crippen LogP contribution in [0.2, 0.25) is 0 Å². The van der Waals surface area contributed by atoms with Gasteiger partial charge in [0.05, 0.1) is 5.69 Å². The molecule has 1 aliphatic heterocycles. The van der Waals surface area contributed by atoms with Gasteiger partial charge in [-0.25, -0.2) is 26.3 Å². The summed E-state index contributed by atoms with van der Waals surface area (Å²) in [6.45, 7) is 0.868. The maximum Gasteiger partial charge on any atom is 0.243 e. The molecule has 1 saturated heterocycles. The summed E-state index contributed by atoms with van der Waals surface area (Å²) in [4.78, 5) is -0.479. The zero-order valence-corrected chi connectivity index (χ0v) is 17.5. The number of piperidine rings is 1. The zero-order valence-electron chi connectivity index (χ0n) is 16.6. The second kappa shape index (κ2) is 8.45. The Hall–Kier alpha value is -2.69. The van der Waals surface area contributed by atoms with E-state index in [1.165, 1.54) is 18.2 Å². The van der Waals surface area contributed by atoms with Crippen molar-refractivity contribution < 1.29 is 21.6 Å². The van der Waals surface area contributed by atoms with Crippen LogP contribution < -0.4 is 10.0 Å². The van der Waals surface area contributed by atoms with Gasteiger partial charge in [-0.2, -0.15) is 5.10 Å². The SMILES string of the molecule is Cn1nccc1-c1ccc(S(=O)(=O)N[C@@H]2CNCC[C@H]2c2ccc(F)c(F)c2)c(F)c1. The van der Waals surface area contributed by atoms with Crippen molar-refractivity contribution in [1.82, 2.24) is 19.8 Å². The molecule has 4 rings (SSSR count). The molecular formula is C21H21F3N4O2S. The van der Waals surface area contributed by atoms with Crippen LogP contribution in [0.25, 0.3) is 11.3 Å². The number of hydrogen-bond acceptors (Lipinski definition) is 4. The molecule has 10 heteroatoms. The molecule has 6 nitrogen and oxygen atoms in total. The molecule has 0 spiro atoms. The highest BCUT2D eigenvalue weighted by atomic mass is 32.2. The number of sulfonamides is 1. The number of benzene rings is 2. The first-order chi connectivity index (χ1) is 14.8. The van der Waals surface area contributed by atoms with Gasteiger partial charge in [0.1, 0.15) is 10.7 Å². The topological polar surface area (TPSA) is 76.0 Å². The summed E-state index contributed by atoms with van der Waals surface area (Å²) in [5.41, 5.74) is 1.63. The Bertz CT molecular complexity index is 1210. The average Bonchev–Trinajstić information content (AvgIpc) is 3.16. The van der Waals surface area contributed by atoms with Gasteiger partial charge in [-0.1, -0.05) is 12.1 Å². The van der Waals surface area contributed by atoms with E-state index in [2.05, 4.69) is 15.1 Å². The number of halogens is 3. The fourth-order valence-corrected chi connectivity index (χ4v) is 5.26. The second-order valence-electron chi connectivity index (χ2n) is 7.49. The van der Waals surface area contributed by atoms with Gasteiger partial charge in [0.2, 0.25) is 10.0 Å². The minimum Gasteiger partial charge on any atom is -0.315 e. The predicted octanol–water partition coefficient (Wildman–Crippen LogP) is 2.93. The standard InChI is InChI=1S/C21H21F3N4O2S/c1-28-20(7-9-26-28)14-3-5-21(18(24)11-14)31(29,30)27-19-12-25-8-6-15(19)13-2-4-16(22)17(23)10-13/h2-5,7,9-11,15,19,25,27H,6,8,12H2,1H3/t15-,19+/m0/s1. The van der Waals surface area contributed by atoms with Crippen molar-refractivity contribution in [1.29, 1.82) is 0 Å². The highest BCUT2D eigenvalue weighted by Crippen LogP contribution is 2.29. The lowest BCUT2D eigenvalue weighted by atomic mass is 9.86. The fourth-order valence-electron chi connectivity index (χ4n) is 3.92. The highest BCUT2D eigenvalue weighted by Gasteiger charge is 2.32. The minimum atomic E-state index is -4.20. The Morgan fingerprint density at radius 3 is 2.55 bits per heavy atom. The average molecular weight is 450 g/mol. The minimum absolute atomic E-state index is 0.275. The van der Waals surface area contributed by atoms with Gasteiger partial charge in [-0.05, 0) is 48.9 Å². The highest BCUT2D eigenvalue weighted by molar-refractivity contribution is 7.89. The van der Waals surface area contributed by atoms with Crippen LogP contribution in [0.3, 0.4) is 0 Å². The molecule has 2 N–H and O–H groups in total. The molecular weight excluding hydrogens is 429 g/mol. The summed E-state index contributed by atoms with van der Waals surface area (Å²) in [6.07, 6.45) is 2.08. The van der Waals surface area contributed by atoms with Gasteiger partial charge in [0.25, 0.3) is 0 Å². The summed E-state index contributed by atoms with van der Waals surface area (Å²) < 4.78 is 71.8. The van der Waals surface area contributed by atoms with Gasteiger partial charge in [-0.15, -0.1) is 0 Å². The first-order valence-electron chi connectivity index (χ1n) is 9.72. The van der Waals surface area contributed by atoms with E-state index in [1.807, 2.05) is 0 Å². The van der Waals surface area contributed by atoms with Gasteiger partial charge in [0, 0.05) is 37.3 Å². The van der Waals surface area contributed by atoms with E-state index >= 15 is 0 Å². The van der Waals surface area contributed by atoms with Gasteiger partial charge in [0.15, 0.2) is 11.6 Å². The predicted molar refractivity (Wildman–Crippen MR) is 109 cm³/mol. The van der Waals surface area contributed by atoms with Crippen molar-refractivity contribution in [2.24, 2.45) is 7.05 Å². The van der Waals surface area contributed by atoms with E-state index in [1.54, 1.807) is 24.0 Å². The van der Waals surface area contributed by atoms with Gasteiger partial charge < -0.3 is 5.32 Å². The van der Waals surface area contributed by atoms with E-state index in [4.69, 9.17) is 0 Å². The van der Waals surface area contributed by atoms with Gasteiger partial charge in [-0.3, -0.25) is 4.68 Å². The monoisotopic (exact) mass is 450 g/mol. The number of rotatable bonds is 5. The maximum atomic E-state index is 14.8. The van der Waals surface area contributed by atoms with E-state index in [-0.39, 0.29) is 12.5 Å². The molecule has 0 unspecified atom stereocenters. The molecule has 0 aliphatic carbocycles. The van der Waals surface area contributed by atoms with Crippen LogP contribution >= 0.6 is 0 Å². The van der Waals surface area contributed by atoms with E-state index in [9.17, 15) is 21.6 Å². The molecule has 0 amide bonds. The van der Waals surface area contributed by atoms with Crippen LogP contribution in [0, 0.1) is 17.5 Å². The molecule has 3 aromatic rings. The largest absolute Gasteiger partial charge is 0.315 e. The van der Waals surface area contributed by atoms with Crippen LogP contribution in [-0.4, -0.2) is 37.3 Å². The van der Waals surface area contributed by atoms with Crippen LogP contribution in [0.5, 0.6) is 0 Å². The third-order valence-corrected chi connectivity index (χ3v) is 7.02. The Labute approximate surface area is 178 Å². The van der Waals surface area contributed by atoms with Crippen molar-refractivity contribution in [2.75, 3.05) is 13.1 Å². The van der Waals surface area contributed by atoms with Gasteiger partial charge >= 0.3 is 0 Å². The first-order valence-corrected chi connectivity index (χ1v) is 11.2. The molecule has 2 aromatic carbocycles. The number of nitrogens with zero attached hydrogens (tertiary/aromatic N) is 2. The van der Waals surface area contributed by atoms with Crippen molar-refractivity contribution in [3.63, 3.8) is 0 Å². The molecule has 1 fully saturated rings. The summed E-state index contributed by atoms with van der Waals surface area (Å²) in [5.74, 6) is -3.23. The molecule has 1 aliphatic rings. The second-order valence-corrected chi connectivity index (χ2v) is 9.17. The lowest BCUT2D eigenvalue weighted by Crippen LogP contribution is -2.50. The zero-order chi connectivity index (χ0) is 22.2. The Balaban J connectivity index is 1.61. The van der Waals surface area contributed by atoms with Crippen LogP contribution in [0.1, 0.15) is 17.9 Å². The Kier molecular flexibility index (Phi) is 5.87. The molecule has 2 heterocycles. The number of aryl methyl sites for hydroxylation is 1. The number of aromatic nitrogens is 2. The summed E-state index contributed by atoms with van der Waals surface area (Å²) >= 11 is 0. The molecule has 31 heavy (non-hydrogen) atoms. The number of nitrogens with one attached hydrogen (secondary N) is 2. The third-order valence-electron chi connectivity index (χ3n) is 5.50. The lowest BCUT2D eigenvalue weighted by molar-refractivity contribution is 0.375. The van der Waals surface area contributed by atoms with Crippen molar-refractivity contribution in [3.8, 4) is 11.3 Å². The van der Waals surface area contributed by atoms with E-state index in [0.717, 1.165) is 18.2 Å². The molecule has 0 saturated carbocycles. The fraction of sp³-hybridized carbons (Fsp3) is 0.286. The van der Waals surface area contributed by atoms with Crippen molar-refractivity contribution in [3.05, 3.63) is 71.7 Å². The maximum absolute atomic E-state index is 14.8. The quantitative estimate of drug-likeness (QED) is 0.627. The van der Waals surface area contributed by atoms with Crippen LogP contribution in [0.4, 0.5) is 13.2 Å². The lowest BCUT2D eigenvalue weighted by Gasteiger charge is -2.33. The summed E-state index contributed by atoms with van der Waals surface area (Å²) in [5, 5.41) is 7.11. The normalized spacial score (nSPS) is 19.5. The van der Waals surface area contributed by atoms with Crippen molar-refractivity contribution >= 4 is 10.0 Å². The number of hydrogen-bond donors (Lipinski definition) is 2. The van der Waals surface area contributed by atoms with Crippen molar-refractivity contribution in [2.45, 2.75) is 23.3 Å². The summed E-state index contributed by atoms with van der Waals surface area (Å²) in [7, 11) is -2.50. The Morgan fingerprint density at radius 1 is 1.06 bits per heavy atom. The first kappa shape index (κ1) is 21.5. The molecule has 0 radical (unpaired) electrons. The van der Waals surface area contributed by atoms with E-state index in [0.29, 0.717) is 29.8 Å². The van der Waals surface area contributed by atoms with Crippen LogP contribution in [0.15, 0.2) is 53.6 Å². The molecule has 2 atom stereocenters. The third kappa shape index (κ3) is 4.36.